The third-order valence-corrected chi connectivity index (χ3v) is 4.41. The molecule has 96 valence electrons. The molecule has 18 heavy (non-hydrogen) atoms. The van der Waals surface area contributed by atoms with Gasteiger partial charge in [0.05, 0.1) is 13.2 Å². The van der Waals surface area contributed by atoms with E-state index in [-0.39, 0.29) is 6.04 Å². The van der Waals surface area contributed by atoms with E-state index in [1.807, 2.05) is 24.4 Å². The highest BCUT2D eigenvalue weighted by molar-refractivity contribution is 7.10. The van der Waals surface area contributed by atoms with Gasteiger partial charge in [0.25, 0.3) is 0 Å². The zero-order valence-electron chi connectivity index (χ0n) is 10.7. The Kier molecular flexibility index (Phi) is 3.95. The molecular weight excluding hydrogens is 266 g/mol. The first-order chi connectivity index (χ1) is 8.52. The summed E-state index contributed by atoms with van der Waals surface area (Å²) in [6, 6.07) is 5.79. The van der Waals surface area contributed by atoms with Crippen molar-refractivity contribution in [1.29, 1.82) is 0 Å². The molecule has 0 bridgehead atoms. The number of hydrogen-bond donors (Lipinski definition) is 1. The first-order valence-corrected chi connectivity index (χ1v) is 6.93. The molecule has 0 aliphatic heterocycles. The van der Waals surface area contributed by atoms with Crippen molar-refractivity contribution in [2.24, 2.45) is 5.73 Å². The molecule has 1 atom stereocenters. The lowest BCUT2D eigenvalue weighted by molar-refractivity contribution is 0.416. The van der Waals surface area contributed by atoms with Gasteiger partial charge in [0.2, 0.25) is 0 Å². The van der Waals surface area contributed by atoms with Crippen molar-refractivity contribution in [3.8, 4) is 5.75 Å². The van der Waals surface area contributed by atoms with Crippen LogP contribution in [0.25, 0.3) is 0 Å². The number of methoxy groups -OCH3 is 1. The van der Waals surface area contributed by atoms with Gasteiger partial charge in [0, 0.05) is 15.3 Å². The molecule has 0 amide bonds. The standard InChI is InChI=1S/C14H16ClNOS/c1-8-4-11(12(15)5-9(8)2)14(16)13-6-10(17-3)7-18-13/h4-7,14H,16H2,1-3H3. The topological polar surface area (TPSA) is 35.2 Å². The molecule has 0 aliphatic rings. The maximum Gasteiger partial charge on any atom is 0.129 e. The third kappa shape index (κ3) is 2.53. The number of thiophene rings is 1. The smallest absolute Gasteiger partial charge is 0.129 e. The van der Waals surface area contributed by atoms with Crippen LogP contribution in [0.2, 0.25) is 5.02 Å². The van der Waals surface area contributed by atoms with Crippen LogP contribution in [0.3, 0.4) is 0 Å². The van der Waals surface area contributed by atoms with E-state index in [1.54, 1.807) is 18.4 Å². The predicted octanol–water partition coefficient (Wildman–Crippen LogP) is 4.08. The minimum Gasteiger partial charge on any atom is -0.496 e. The van der Waals surface area contributed by atoms with Crippen LogP contribution in [-0.2, 0) is 0 Å². The molecule has 0 spiro atoms. The monoisotopic (exact) mass is 281 g/mol. The van der Waals surface area contributed by atoms with Gasteiger partial charge >= 0.3 is 0 Å². The summed E-state index contributed by atoms with van der Waals surface area (Å²) in [6.07, 6.45) is 0. The molecule has 1 unspecified atom stereocenters. The molecule has 4 heteroatoms. The second-order valence-electron chi connectivity index (χ2n) is 4.32. The molecule has 1 aromatic carbocycles. The molecule has 2 rings (SSSR count). The predicted molar refractivity (Wildman–Crippen MR) is 77.8 cm³/mol. The molecule has 0 aliphatic carbocycles. The number of benzene rings is 1. The van der Waals surface area contributed by atoms with Gasteiger partial charge in [-0.3, -0.25) is 0 Å². The second-order valence-corrected chi connectivity index (χ2v) is 5.67. The molecular formula is C14H16ClNOS. The summed E-state index contributed by atoms with van der Waals surface area (Å²) in [5.74, 6) is 0.838. The molecule has 0 saturated carbocycles. The largest absolute Gasteiger partial charge is 0.496 e. The van der Waals surface area contributed by atoms with Crippen molar-refractivity contribution >= 4 is 22.9 Å². The fourth-order valence-corrected chi connectivity index (χ4v) is 3.01. The van der Waals surface area contributed by atoms with Gasteiger partial charge in [0.1, 0.15) is 5.75 Å². The Balaban J connectivity index is 2.39. The summed E-state index contributed by atoms with van der Waals surface area (Å²) in [5, 5.41) is 2.67. The lowest BCUT2D eigenvalue weighted by atomic mass is 10.0. The van der Waals surface area contributed by atoms with Crippen LogP contribution < -0.4 is 10.5 Å². The van der Waals surface area contributed by atoms with Gasteiger partial charge in [-0.05, 0) is 42.7 Å². The van der Waals surface area contributed by atoms with Crippen molar-refractivity contribution in [2.75, 3.05) is 7.11 Å². The van der Waals surface area contributed by atoms with Gasteiger partial charge in [-0.1, -0.05) is 17.7 Å². The first kappa shape index (κ1) is 13.4. The SMILES string of the molecule is COc1csc(C(N)c2cc(C)c(C)cc2Cl)c1. The van der Waals surface area contributed by atoms with E-state index >= 15 is 0 Å². The highest BCUT2D eigenvalue weighted by Gasteiger charge is 2.16. The number of rotatable bonds is 3. The number of hydrogen-bond acceptors (Lipinski definition) is 3. The van der Waals surface area contributed by atoms with Crippen molar-refractivity contribution in [3.05, 3.63) is 50.2 Å². The molecule has 1 aromatic heterocycles. The van der Waals surface area contributed by atoms with Gasteiger partial charge in [-0.2, -0.15) is 0 Å². The van der Waals surface area contributed by atoms with Crippen molar-refractivity contribution < 1.29 is 4.74 Å². The van der Waals surface area contributed by atoms with Crippen LogP contribution in [0.5, 0.6) is 5.75 Å². The Morgan fingerprint density at radius 2 is 1.89 bits per heavy atom. The third-order valence-electron chi connectivity index (χ3n) is 3.09. The Morgan fingerprint density at radius 3 is 2.50 bits per heavy atom. The summed E-state index contributed by atoms with van der Waals surface area (Å²) >= 11 is 7.87. The second kappa shape index (κ2) is 5.31. The first-order valence-electron chi connectivity index (χ1n) is 5.67. The highest BCUT2D eigenvalue weighted by Crippen LogP contribution is 2.33. The zero-order valence-corrected chi connectivity index (χ0v) is 12.2. The van der Waals surface area contributed by atoms with Crippen LogP contribution in [0.15, 0.2) is 23.6 Å². The minimum absolute atomic E-state index is 0.203. The normalized spacial score (nSPS) is 12.5. The lowest BCUT2D eigenvalue weighted by Crippen LogP contribution is -2.11. The molecule has 0 fully saturated rings. The number of nitrogens with two attached hydrogens (primary N) is 1. The maximum absolute atomic E-state index is 6.28. The number of ether oxygens (including phenoxy) is 1. The van der Waals surface area contributed by atoms with E-state index in [0.29, 0.717) is 0 Å². The van der Waals surface area contributed by atoms with Crippen LogP contribution in [0.4, 0.5) is 0 Å². The molecule has 2 nitrogen and oxygen atoms in total. The fraction of sp³-hybridized carbons (Fsp3) is 0.286. The summed E-state index contributed by atoms with van der Waals surface area (Å²) in [4.78, 5) is 1.05. The maximum atomic E-state index is 6.28. The van der Waals surface area contributed by atoms with E-state index in [2.05, 4.69) is 13.0 Å². The van der Waals surface area contributed by atoms with Crippen LogP contribution in [0.1, 0.15) is 27.6 Å². The summed E-state index contributed by atoms with van der Waals surface area (Å²) in [7, 11) is 1.65. The molecule has 0 saturated heterocycles. The van der Waals surface area contributed by atoms with Gasteiger partial charge in [0.15, 0.2) is 0 Å². The molecule has 1 heterocycles. The number of halogens is 1. The Morgan fingerprint density at radius 1 is 1.22 bits per heavy atom. The quantitative estimate of drug-likeness (QED) is 0.920. The molecule has 2 N–H and O–H groups in total. The lowest BCUT2D eigenvalue weighted by Gasteiger charge is -2.14. The van der Waals surface area contributed by atoms with Gasteiger partial charge in [-0.15, -0.1) is 11.3 Å². The van der Waals surface area contributed by atoms with E-state index in [9.17, 15) is 0 Å². The Labute approximate surface area is 116 Å². The summed E-state index contributed by atoms with van der Waals surface area (Å²) in [6.45, 7) is 4.11. The van der Waals surface area contributed by atoms with Crippen molar-refractivity contribution in [3.63, 3.8) is 0 Å². The summed E-state index contributed by atoms with van der Waals surface area (Å²) in [5.41, 5.74) is 9.62. The van der Waals surface area contributed by atoms with E-state index in [0.717, 1.165) is 21.2 Å². The number of aryl methyl sites for hydroxylation is 2. The average molecular weight is 282 g/mol. The van der Waals surface area contributed by atoms with E-state index in [4.69, 9.17) is 22.1 Å². The minimum atomic E-state index is -0.203. The molecule has 2 aromatic rings. The van der Waals surface area contributed by atoms with Crippen molar-refractivity contribution in [1.82, 2.24) is 0 Å². The van der Waals surface area contributed by atoms with Crippen molar-refractivity contribution in [2.45, 2.75) is 19.9 Å². The zero-order chi connectivity index (χ0) is 13.3. The average Bonchev–Trinajstić information content (AvgIpc) is 2.81. The Hall–Kier alpha value is -1.03. The van der Waals surface area contributed by atoms with Gasteiger partial charge in [-0.25, -0.2) is 0 Å². The van der Waals surface area contributed by atoms with Crippen LogP contribution in [-0.4, -0.2) is 7.11 Å². The fourth-order valence-electron chi connectivity index (χ4n) is 1.80. The highest BCUT2D eigenvalue weighted by atomic mass is 35.5. The van der Waals surface area contributed by atoms with E-state index < -0.39 is 0 Å². The van der Waals surface area contributed by atoms with Crippen LogP contribution in [0, 0.1) is 13.8 Å². The summed E-state index contributed by atoms with van der Waals surface area (Å²) < 4.78 is 5.18. The van der Waals surface area contributed by atoms with Crippen LogP contribution >= 0.6 is 22.9 Å². The van der Waals surface area contributed by atoms with Gasteiger partial charge < -0.3 is 10.5 Å². The Bertz CT molecular complexity index is 565. The van der Waals surface area contributed by atoms with E-state index in [1.165, 1.54) is 11.1 Å². The molecule has 0 radical (unpaired) electrons.